The SMILES string of the molecule is Cc1ccc2[nH]c(-c3ccc4c(c3)CCCC4)c(C#N)c2c1. The van der Waals surface area contributed by atoms with Gasteiger partial charge in [-0.25, -0.2) is 0 Å². The number of aromatic amines is 1. The number of fused-ring (bicyclic) bond motifs is 2. The van der Waals surface area contributed by atoms with Crippen molar-refractivity contribution in [1.82, 2.24) is 4.98 Å². The maximum atomic E-state index is 9.63. The molecule has 1 aliphatic carbocycles. The molecule has 0 amide bonds. The Hall–Kier alpha value is -2.53. The molecule has 2 aromatic carbocycles. The van der Waals surface area contributed by atoms with Gasteiger partial charge in [-0.2, -0.15) is 5.26 Å². The fourth-order valence-electron chi connectivity index (χ4n) is 3.53. The monoisotopic (exact) mass is 286 g/mol. The molecule has 1 aromatic heterocycles. The van der Waals surface area contributed by atoms with Crippen LogP contribution >= 0.6 is 0 Å². The van der Waals surface area contributed by atoms with Gasteiger partial charge in [-0.05, 0) is 67.5 Å². The highest BCUT2D eigenvalue weighted by Crippen LogP contribution is 2.33. The van der Waals surface area contributed by atoms with Crippen LogP contribution in [0.15, 0.2) is 36.4 Å². The summed E-state index contributed by atoms with van der Waals surface area (Å²) in [4.78, 5) is 3.44. The van der Waals surface area contributed by atoms with Crippen LogP contribution in [0.1, 0.15) is 35.1 Å². The first-order chi connectivity index (χ1) is 10.8. The summed E-state index contributed by atoms with van der Waals surface area (Å²) in [5.41, 5.74) is 7.98. The number of hydrogen-bond acceptors (Lipinski definition) is 1. The van der Waals surface area contributed by atoms with E-state index in [4.69, 9.17) is 0 Å². The maximum absolute atomic E-state index is 9.63. The standard InChI is InChI=1S/C20H18N2/c1-13-6-9-19-17(10-13)18(12-21)20(22-19)16-8-7-14-4-2-3-5-15(14)11-16/h6-11,22H,2-5H2,1H3. The second kappa shape index (κ2) is 5.03. The van der Waals surface area contributed by atoms with E-state index in [1.54, 1.807) is 0 Å². The Kier molecular flexibility index (Phi) is 3.01. The van der Waals surface area contributed by atoms with E-state index in [1.165, 1.54) is 36.0 Å². The van der Waals surface area contributed by atoms with Gasteiger partial charge >= 0.3 is 0 Å². The second-order valence-electron chi connectivity index (χ2n) is 6.23. The third-order valence-electron chi connectivity index (χ3n) is 4.70. The second-order valence-corrected chi connectivity index (χ2v) is 6.23. The lowest BCUT2D eigenvalue weighted by Gasteiger charge is -2.16. The Labute approximate surface area is 130 Å². The Balaban J connectivity index is 1.92. The Morgan fingerprint density at radius 2 is 1.82 bits per heavy atom. The Bertz CT molecular complexity index is 909. The van der Waals surface area contributed by atoms with E-state index < -0.39 is 0 Å². The summed E-state index contributed by atoms with van der Waals surface area (Å²) in [6.07, 6.45) is 4.91. The average molecular weight is 286 g/mol. The third kappa shape index (κ3) is 2.02. The lowest BCUT2D eigenvalue weighted by molar-refractivity contribution is 0.686. The minimum absolute atomic E-state index is 0.759. The number of rotatable bonds is 1. The van der Waals surface area contributed by atoms with Crippen LogP contribution in [0.4, 0.5) is 0 Å². The zero-order chi connectivity index (χ0) is 15.1. The van der Waals surface area contributed by atoms with Crippen LogP contribution in [-0.2, 0) is 12.8 Å². The maximum Gasteiger partial charge on any atom is 0.102 e. The van der Waals surface area contributed by atoms with Crippen molar-refractivity contribution < 1.29 is 0 Å². The molecule has 1 aliphatic rings. The lowest BCUT2D eigenvalue weighted by Crippen LogP contribution is -2.02. The largest absolute Gasteiger partial charge is 0.353 e. The molecule has 1 heterocycles. The first kappa shape index (κ1) is 13.2. The summed E-state index contributed by atoms with van der Waals surface area (Å²) in [5.74, 6) is 0. The van der Waals surface area contributed by atoms with Crippen LogP contribution in [0.2, 0.25) is 0 Å². The smallest absolute Gasteiger partial charge is 0.102 e. The van der Waals surface area contributed by atoms with Gasteiger partial charge < -0.3 is 4.98 Å². The minimum atomic E-state index is 0.759. The first-order valence-electron chi connectivity index (χ1n) is 7.91. The van der Waals surface area contributed by atoms with E-state index in [0.717, 1.165) is 34.1 Å². The topological polar surface area (TPSA) is 39.6 Å². The normalized spacial score (nSPS) is 13.8. The molecule has 1 N–H and O–H groups in total. The van der Waals surface area contributed by atoms with Crippen molar-refractivity contribution >= 4 is 10.9 Å². The van der Waals surface area contributed by atoms with E-state index in [1.807, 2.05) is 0 Å². The number of H-pyrrole nitrogens is 1. The molecular weight excluding hydrogens is 268 g/mol. The van der Waals surface area contributed by atoms with Crippen LogP contribution in [0, 0.1) is 18.3 Å². The molecule has 2 nitrogen and oxygen atoms in total. The van der Waals surface area contributed by atoms with Crippen molar-refractivity contribution in [2.45, 2.75) is 32.6 Å². The summed E-state index contributed by atoms with van der Waals surface area (Å²) in [6.45, 7) is 2.06. The highest BCUT2D eigenvalue weighted by Gasteiger charge is 2.15. The quantitative estimate of drug-likeness (QED) is 0.679. The van der Waals surface area contributed by atoms with Gasteiger partial charge in [0.15, 0.2) is 0 Å². The van der Waals surface area contributed by atoms with Gasteiger partial charge in [-0.1, -0.05) is 23.8 Å². The first-order valence-corrected chi connectivity index (χ1v) is 7.91. The third-order valence-corrected chi connectivity index (χ3v) is 4.70. The van der Waals surface area contributed by atoms with Gasteiger partial charge in [-0.15, -0.1) is 0 Å². The number of nitrogens with zero attached hydrogens (tertiary/aromatic N) is 1. The molecule has 0 fully saturated rings. The average Bonchev–Trinajstić information content (AvgIpc) is 2.92. The molecule has 0 spiro atoms. The van der Waals surface area contributed by atoms with Crippen molar-refractivity contribution in [1.29, 1.82) is 5.26 Å². The van der Waals surface area contributed by atoms with Gasteiger partial charge in [0, 0.05) is 10.9 Å². The molecule has 0 saturated heterocycles. The summed E-state index contributed by atoms with van der Waals surface area (Å²) in [6, 6.07) is 15.3. The van der Waals surface area contributed by atoms with Gasteiger partial charge in [0.2, 0.25) is 0 Å². The molecule has 108 valence electrons. The summed E-state index contributed by atoms with van der Waals surface area (Å²) < 4.78 is 0. The molecule has 0 radical (unpaired) electrons. The zero-order valence-electron chi connectivity index (χ0n) is 12.7. The van der Waals surface area contributed by atoms with Crippen molar-refractivity contribution in [2.24, 2.45) is 0 Å². The van der Waals surface area contributed by atoms with Crippen molar-refractivity contribution in [3.8, 4) is 17.3 Å². The van der Waals surface area contributed by atoms with Crippen molar-refractivity contribution in [3.05, 3.63) is 58.7 Å². The number of aryl methyl sites for hydroxylation is 3. The molecule has 0 unspecified atom stereocenters. The van der Waals surface area contributed by atoms with Gasteiger partial charge in [0.05, 0.1) is 11.3 Å². The van der Waals surface area contributed by atoms with E-state index in [0.29, 0.717) is 0 Å². The summed E-state index contributed by atoms with van der Waals surface area (Å²) >= 11 is 0. The molecule has 0 saturated carbocycles. The molecule has 3 aromatic rings. The lowest BCUT2D eigenvalue weighted by atomic mass is 9.89. The van der Waals surface area contributed by atoms with Crippen molar-refractivity contribution in [2.75, 3.05) is 0 Å². The highest BCUT2D eigenvalue weighted by molar-refractivity contribution is 5.94. The zero-order valence-corrected chi connectivity index (χ0v) is 12.7. The Morgan fingerprint density at radius 1 is 1.00 bits per heavy atom. The predicted molar refractivity (Wildman–Crippen MR) is 89.8 cm³/mol. The molecule has 0 aliphatic heterocycles. The summed E-state index contributed by atoms with van der Waals surface area (Å²) in [7, 11) is 0. The van der Waals surface area contributed by atoms with E-state index in [2.05, 4.69) is 54.4 Å². The van der Waals surface area contributed by atoms with E-state index >= 15 is 0 Å². The van der Waals surface area contributed by atoms with Gasteiger partial charge in [-0.3, -0.25) is 0 Å². The van der Waals surface area contributed by atoms with E-state index in [9.17, 15) is 5.26 Å². The van der Waals surface area contributed by atoms with Crippen LogP contribution in [0.5, 0.6) is 0 Å². The molecular formula is C20H18N2. The number of hydrogen-bond donors (Lipinski definition) is 1. The minimum Gasteiger partial charge on any atom is -0.353 e. The number of benzene rings is 2. The van der Waals surface area contributed by atoms with Crippen LogP contribution in [0.3, 0.4) is 0 Å². The Morgan fingerprint density at radius 3 is 2.64 bits per heavy atom. The van der Waals surface area contributed by atoms with Gasteiger partial charge in [0.25, 0.3) is 0 Å². The van der Waals surface area contributed by atoms with Crippen molar-refractivity contribution in [3.63, 3.8) is 0 Å². The van der Waals surface area contributed by atoms with Gasteiger partial charge in [0.1, 0.15) is 6.07 Å². The fraction of sp³-hybridized carbons (Fsp3) is 0.250. The molecule has 4 rings (SSSR count). The van der Waals surface area contributed by atoms with Crippen LogP contribution in [0.25, 0.3) is 22.2 Å². The predicted octanol–water partition coefficient (Wildman–Crippen LogP) is 4.89. The van der Waals surface area contributed by atoms with Crippen LogP contribution in [-0.4, -0.2) is 4.98 Å². The number of nitrogens with one attached hydrogen (secondary N) is 1. The molecule has 0 atom stereocenters. The van der Waals surface area contributed by atoms with Crippen LogP contribution < -0.4 is 0 Å². The molecule has 22 heavy (non-hydrogen) atoms. The van der Waals surface area contributed by atoms with E-state index in [-0.39, 0.29) is 0 Å². The summed E-state index contributed by atoms with van der Waals surface area (Å²) in [5, 5.41) is 10.6. The molecule has 0 bridgehead atoms. The highest BCUT2D eigenvalue weighted by atomic mass is 14.7. The number of aromatic nitrogens is 1. The number of nitriles is 1. The molecule has 2 heteroatoms. The fourth-order valence-corrected chi connectivity index (χ4v) is 3.53.